The summed E-state index contributed by atoms with van der Waals surface area (Å²) in [5, 5.41) is 15.5. The number of benzene rings is 1. The number of methoxy groups -OCH3 is 1. The van der Waals surface area contributed by atoms with Gasteiger partial charge in [-0.3, -0.25) is 4.79 Å². The molecule has 0 aliphatic rings. The first-order valence-electron chi connectivity index (χ1n) is 5.90. The highest BCUT2D eigenvalue weighted by Crippen LogP contribution is 2.29. The van der Waals surface area contributed by atoms with Crippen LogP contribution in [-0.4, -0.2) is 51.4 Å². The molecule has 0 fully saturated rings. The van der Waals surface area contributed by atoms with Crippen LogP contribution in [0.3, 0.4) is 0 Å². The van der Waals surface area contributed by atoms with Gasteiger partial charge in [0, 0.05) is 3.57 Å². The third kappa shape index (κ3) is 6.96. The quantitative estimate of drug-likeness (QED) is 0.329. The number of nitrogens with one attached hydrogen (secondary N) is 1. The maximum atomic E-state index is 11.6. The molecule has 0 aliphatic carbocycles. The summed E-state index contributed by atoms with van der Waals surface area (Å²) in [7, 11) is 7.20. The number of hydrogen-bond acceptors (Lipinski definition) is 4. The molecule has 0 heterocycles. The number of quaternary nitrogens is 1. The predicted molar refractivity (Wildman–Crippen MR) is 91.0 cm³/mol. The lowest BCUT2D eigenvalue weighted by atomic mass is 10.2. The summed E-state index contributed by atoms with van der Waals surface area (Å²) >= 11 is 1.94. The molecule has 0 radical (unpaired) electrons. The van der Waals surface area contributed by atoms with Gasteiger partial charge in [0.2, 0.25) is 0 Å². The van der Waals surface area contributed by atoms with Crippen molar-refractivity contribution in [2.45, 2.75) is 0 Å². The van der Waals surface area contributed by atoms with Crippen molar-refractivity contribution in [2.24, 2.45) is 5.10 Å². The lowest BCUT2D eigenvalue weighted by Gasteiger charge is -2.22. The number of hydrogen-bond donors (Lipinski definition) is 1. The summed E-state index contributed by atoms with van der Waals surface area (Å²) < 4.78 is 6.06. The number of ether oxygens (including phenoxy) is 1. The molecule has 1 aromatic rings. The highest BCUT2D eigenvalue weighted by molar-refractivity contribution is 14.1. The molecule has 118 valence electrons. The van der Waals surface area contributed by atoms with Gasteiger partial charge < -0.3 is 14.3 Å². The zero-order chi connectivity index (χ0) is 15.3. The monoisotopic (exact) mass is 427 g/mol. The molecule has 0 spiro atoms. The van der Waals surface area contributed by atoms with Gasteiger partial charge in [0.05, 0.1) is 34.5 Å². The number of likely N-dealkylation sites (N-methyl/N-ethyl adjacent to an activating group) is 1. The number of carbonyl (C=O) groups is 1. The molecule has 0 unspecified atom stereocenters. The average molecular weight is 428 g/mol. The van der Waals surface area contributed by atoms with Crippen molar-refractivity contribution >= 4 is 47.1 Å². The van der Waals surface area contributed by atoms with E-state index in [4.69, 9.17) is 4.74 Å². The van der Waals surface area contributed by atoms with Crippen LogP contribution in [0.2, 0.25) is 0 Å². The van der Waals surface area contributed by atoms with Crippen molar-refractivity contribution in [1.82, 2.24) is 5.43 Å². The SMILES string of the molecule is COc1cc(C=NNC(=O)C[N+](C)(C)C)cc(I)c1[O-].Cl. The summed E-state index contributed by atoms with van der Waals surface area (Å²) in [6, 6.07) is 3.26. The highest BCUT2D eigenvalue weighted by atomic mass is 127. The first kappa shape index (κ1) is 19.9. The van der Waals surface area contributed by atoms with Crippen LogP contribution in [0.5, 0.6) is 11.5 Å². The second-order valence-corrected chi connectivity index (χ2v) is 6.44. The lowest BCUT2D eigenvalue weighted by Crippen LogP contribution is -2.43. The fourth-order valence-corrected chi connectivity index (χ4v) is 2.08. The van der Waals surface area contributed by atoms with Crippen molar-refractivity contribution in [3.63, 3.8) is 0 Å². The molecule has 0 bridgehead atoms. The Bertz CT molecular complexity index is 530. The molecule has 0 saturated carbocycles. The van der Waals surface area contributed by atoms with Crippen LogP contribution in [0, 0.1) is 3.57 Å². The molecular formula is C13H19ClIN3O3. The van der Waals surface area contributed by atoms with Gasteiger partial charge in [-0.1, -0.05) is 5.75 Å². The zero-order valence-electron chi connectivity index (χ0n) is 12.3. The van der Waals surface area contributed by atoms with Crippen LogP contribution >= 0.6 is 35.0 Å². The van der Waals surface area contributed by atoms with Gasteiger partial charge in [0.15, 0.2) is 6.54 Å². The molecule has 1 amide bonds. The van der Waals surface area contributed by atoms with E-state index in [-0.39, 0.29) is 29.8 Å². The van der Waals surface area contributed by atoms with Gasteiger partial charge >= 0.3 is 0 Å². The molecule has 21 heavy (non-hydrogen) atoms. The normalized spacial score (nSPS) is 11.1. The minimum Gasteiger partial charge on any atom is -0.869 e. The molecule has 8 heteroatoms. The minimum absolute atomic E-state index is 0. The van der Waals surface area contributed by atoms with E-state index in [0.29, 0.717) is 20.2 Å². The largest absolute Gasteiger partial charge is 0.869 e. The van der Waals surface area contributed by atoms with E-state index >= 15 is 0 Å². The molecule has 0 aliphatic heterocycles. The van der Waals surface area contributed by atoms with E-state index < -0.39 is 0 Å². The first-order valence-corrected chi connectivity index (χ1v) is 6.97. The number of halogens is 2. The number of amides is 1. The second-order valence-electron chi connectivity index (χ2n) is 5.28. The van der Waals surface area contributed by atoms with Crippen molar-refractivity contribution in [3.8, 4) is 11.5 Å². The molecule has 0 aromatic heterocycles. The van der Waals surface area contributed by atoms with Crippen LogP contribution in [0.15, 0.2) is 17.2 Å². The summed E-state index contributed by atoms with van der Waals surface area (Å²) in [5.74, 6) is -0.0637. The average Bonchev–Trinajstić information content (AvgIpc) is 2.31. The Labute approximate surface area is 144 Å². The Morgan fingerprint density at radius 2 is 2.10 bits per heavy atom. The number of carbonyl (C=O) groups excluding carboxylic acids is 1. The van der Waals surface area contributed by atoms with E-state index in [2.05, 4.69) is 10.5 Å². The summed E-state index contributed by atoms with van der Waals surface area (Å²) in [6.45, 7) is 0.331. The van der Waals surface area contributed by atoms with Crippen molar-refractivity contribution in [1.29, 1.82) is 0 Å². The molecular weight excluding hydrogens is 409 g/mol. The van der Waals surface area contributed by atoms with Gasteiger partial charge in [-0.25, -0.2) is 5.43 Å². The van der Waals surface area contributed by atoms with Gasteiger partial charge in [-0.15, -0.1) is 12.4 Å². The maximum Gasteiger partial charge on any atom is 0.295 e. The second kappa shape index (κ2) is 8.40. The van der Waals surface area contributed by atoms with Crippen LogP contribution in [0.4, 0.5) is 0 Å². The van der Waals surface area contributed by atoms with Gasteiger partial charge in [-0.2, -0.15) is 5.10 Å². The molecule has 0 saturated heterocycles. The highest BCUT2D eigenvalue weighted by Gasteiger charge is 2.13. The van der Waals surface area contributed by atoms with Crippen LogP contribution in [0.1, 0.15) is 5.56 Å². The van der Waals surface area contributed by atoms with Gasteiger partial charge in [-0.05, 0) is 40.3 Å². The van der Waals surface area contributed by atoms with E-state index in [1.54, 1.807) is 12.1 Å². The fourth-order valence-electron chi connectivity index (χ4n) is 1.46. The Morgan fingerprint density at radius 3 is 2.62 bits per heavy atom. The molecule has 0 atom stereocenters. The minimum atomic E-state index is -0.171. The van der Waals surface area contributed by atoms with Crippen molar-refractivity contribution < 1.29 is 19.1 Å². The van der Waals surface area contributed by atoms with Crippen LogP contribution in [-0.2, 0) is 4.79 Å². The van der Waals surface area contributed by atoms with Crippen LogP contribution in [0.25, 0.3) is 0 Å². The number of rotatable bonds is 5. The summed E-state index contributed by atoms with van der Waals surface area (Å²) in [5.41, 5.74) is 3.14. The zero-order valence-corrected chi connectivity index (χ0v) is 15.3. The Kier molecular flexibility index (Phi) is 7.98. The van der Waals surface area contributed by atoms with E-state index in [1.165, 1.54) is 13.3 Å². The predicted octanol–water partition coefficient (Wildman–Crippen LogP) is 0.951. The van der Waals surface area contributed by atoms with Gasteiger partial charge in [0.1, 0.15) is 5.75 Å². The fraction of sp³-hybridized carbons (Fsp3) is 0.385. The topological polar surface area (TPSA) is 73.8 Å². The third-order valence-corrected chi connectivity index (χ3v) is 3.07. The van der Waals surface area contributed by atoms with Crippen molar-refractivity contribution in [3.05, 3.63) is 21.3 Å². The Hall–Kier alpha value is -1.06. The van der Waals surface area contributed by atoms with E-state index in [0.717, 1.165) is 0 Å². The summed E-state index contributed by atoms with van der Waals surface area (Å²) in [4.78, 5) is 11.6. The smallest absolute Gasteiger partial charge is 0.295 e. The summed E-state index contributed by atoms with van der Waals surface area (Å²) in [6.07, 6.45) is 1.48. The lowest BCUT2D eigenvalue weighted by molar-refractivity contribution is -0.862. The van der Waals surface area contributed by atoms with Crippen LogP contribution < -0.4 is 15.3 Å². The molecule has 1 N–H and O–H groups in total. The molecule has 6 nitrogen and oxygen atoms in total. The molecule has 1 rings (SSSR count). The third-order valence-electron chi connectivity index (χ3n) is 2.27. The van der Waals surface area contributed by atoms with E-state index in [1.807, 2.05) is 43.7 Å². The van der Waals surface area contributed by atoms with Gasteiger partial charge in [0.25, 0.3) is 5.91 Å². The Balaban J connectivity index is 0.00000400. The standard InChI is InChI=1S/C13H18IN3O3.ClH/c1-17(2,3)8-12(18)16-15-7-9-5-10(14)13(19)11(6-9)20-4;/h5-7H,8H2,1-4H3,(H-,15,16,18,19);1H. The van der Waals surface area contributed by atoms with Crippen molar-refractivity contribution in [2.75, 3.05) is 34.8 Å². The first-order chi connectivity index (χ1) is 9.23. The molecule has 1 aromatic carbocycles. The Morgan fingerprint density at radius 1 is 1.48 bits per heavy atom. The maximum absolute atomic E-state index is 11.6. The number of nitrogens with zero attached hydrogens (tertiary/aromatic N) is 2. The van der Waals surface area contributed by atoms with E-state index in [9.17, 15) is 9.90 Å². The number of hydrazone groups is 1.